The minimum atomic E-state index is -1.11. The molecule has 2 nitrogen and oxygen atoms in total. The molecule has 0 radical (unpaired) electrons. The third kappa shape index (κ3) is 2.65. The molecule has 1 unspecified atom stereocenters. The van der Waals surface area contributed by atoms with Crippen LogP contribution in [0.5, 0.6) is 0 Å². The Balaban J connectivity index is 2.35. The van der Waals surface area contributed by atoms with Gasteiger partial charge in [-0.2, -0.15) is 0 Å². The van der Waals surface area contributed by atoms with Gasteiger partial charge in [-0.25, -0.2) is 0 Å². The Bertz CT molecular complexity index is 500. The summed E-state index contributed by atoms with van der Waals surface area (Å²) in [5.74, 6) is 0.431. The minimum absolute atomic E-state index is 0.0398. The summed E-state index contributed by atoms with van der Waals surface area (Å²) in [6.07, 6.45) is 3.98. The molecule has 0 spiro atoms. The summed E-state index contributed by atoms with van der Waals surface area (Å²) in [5.41, 5.74) is 0.353. The maximum atomic E-state index is 13.0. The lowest BCUT2D eigenvalue weighted by atomic mass is 9.70. The number of ether oxygens (including phenoxy) is 1. The van der Waals surface area contributed by atoms with E-state index in [2.05, 4.69) is 54.7 Å². The first kappa shape index (κ1) is 17.9. The van der Waals surface area contributed by atoms with Gasteiger partial charge in [0.15, 0.2) is 0 Å². The Morgan fingerprint density at radius 2 is 1.95 bits per heavy atom. The van der Waals surface area contributed by atoms with Crippen LogP contribution in [0.4, 0.5) is 0 Å². The third-order valence-corrected chi connectivity index (χ3v) is 7.88. The van der Waals surface area contributed by atoms with Crippen LogP contribution in [0.1, 0.15) is 54.4 Å². The van der Waals surface area contributed by atoms with E-state index in [1.165, 1.54) is 0 Å². The van der Waals surface area contributed by atoms with Crippen LogP contribution in [-0.2, 0) is 15.5 Å². The van der Waals surface area contributed by atoms with E-state index in [0.717, 1.165) is 12.8 Å². The SMILES string of the molecule is C=CC(=C)S(=O)[C@@H]1[C@H]2CC[C@@](C)([C@@H]1OCC(C)(C)C)C2(C)C. The Kier molecular flexibility index (Phi) is 4.56. The van der Waals surface area contributed by atoms with Gasteiger partial charge < -0.3 is 4.74 Å². The topological polar surface area (TPSA) is 26.3 Å². The molecule has 3 heteroatoms. The van der Waals surface area contributed by atoms with Crippen molar-refractivity contribution in [3.63, 3.8) is 0 Å². The molecular weight excluding hydrogens is 292 g/mol. The molecule has 126 valence electrons. The lowest BCUT2D eigenvalue weighted by Crippen LogP contribution is -2.44. The molecule has 2 aliphatic rings. The predicted octanol–water partition coefficient (Wildman–Crippen LogP) is 4.69. The number of hydrogen-bond acceptors (Lipinski definition) is 2. The maximum absolute atomic E-state index is 13.0. The van der Waals surface area contributed by atoms with E-state index in [0.29, 0.717) is 17.4 Å². The Morgan fingerprint density at radius 3 is 2.45 bits per heavy atom. The van der Waals surface area contributed by atoms with Crippen molar-refractivity contribution >= 4 is 10.8 Å². The lowest BCUT2D eigenvalue weighted by Gasteiger charge is -2.40. The van der Waals surface area contributed by atoms with E-state index < -0.39 is 10.8 Å². The van der Waals surface area contributed by atoms with Crippen molar-refractivity contribution in [2.45, 2.75) is 65.7 Å². The molecule has 0 heterocycles. The lowest BCUT2D eigenvalue weighted by molar-refractivity contribution is -0.0673. The normalized spacial score (nSPS) is 38.0. The van der Waals surface area contributed by atoms with Gasteiger partial charge in [-0.3, -0.25) is 4.21 Å². The summed E-state index contributed by atoms with van der Waals surface area (Å²) in [6.45, 7) is 21.9. The van der Waals surface area contributed by atoms with Gasteiger partial charge in [0.05, 0.1) is 28.8 Å². The van der Waals surface area contributed by atoms with Crippen molar-refractivity contribution in [2.24, 2.45) is 22.2 Å². The summed E-state index contributed by atoms with van der Waals surface area (Å²) >= 11 is 0. The molecule has 0 aromatic rings. The minimum Gasteiger partial charge on any atom is -0.376 e. The van der Waals surface area contributed by atoms with E-state index in [9.17, 15) is 4.21 Å². The van der Waals surface area contributed by atoms with Gasteiger partial charge in [-0.1, -0.05) is 60.8 Å². The summed E-state index contributed by atoms with van der Waals surface area (Å²) in [4.78, 5) is 0.640. The predicted molar refractivity (Wildman–Crippen MR) is 95.1 cm³/mol. The zero-order chi connectivity index (χ0) is 16.9. The fourth-order valence-corrected chi connectivity index (χ4v) is 6.25. The molecular formula is C19H32O2S. The number of rotatable bonds is 5. The van der Waals surface area contributed by atoms with E-state index in [4.69, 9.17) is 4.74 Å². The van der Waals surface area contributed by atoms with Crippen LogP contribution in [0.3, 0.4) is 0 Å². The van der Waals surface area contributed by atoms with Gasteiger partial charge in [-0.15, -0.1) is 0 Å². The second kappa shape index (κ2) is 5.59. The van der Waals surface area contributed by atoms with Gasteiger partial charge >= 0.3 is 0 Å². The summed E-state index contributed by atoms with van der Waals surface area (Å²) in [5, 5.41) is 0.0431. The smallest absolute Gasteiger partial charge is 0.0783 e. The van der Waals surface area contributed by atoms with Crippen LogP contribution in [0.2, 0.25) is 0 Å². The van der Waals surface area contributed by atoms with Crippen LogP contribution in [0.25, 0.3) is 0 Å². The maximum Gasteiger partial charge on any atom is 0.0783 e. The second-order valence-corrected chi connectivity index (χ2v) is 10.7. The Hall–Kier alpha value is -0.410. The highest BCUT2D eigenvalue weighted by Gasteiger charge is 2.68. The largest absolute Gasteiger partial charge is 0.376 e. The number of allylic oxidation sites excluding steroid dienone is 1. The van der Waals surface area contributed by atoms with Crippen LogP contribution >= 0.6 is 0 Å². The van der Waals surface area contributed by atoms with Crippen LogP contribution in [-0.4, -0.2) is 22.2 Å². The molecule has 0 amide bonds. The van der Waals surface area contributed by atoms with Gasteiger partial charge in [0.2, 0.25) is 0 Å². The van der Waals surface area contributed by atoms with Crippen molar-refractivity contribution in [3.05, 3.63) is 24.1 Å². The average molecular weight is 325 g/mol. The van der Waals surface area contributed by atoms with Crippen LogP contribution in [0.15, 0.2) is 24.1 Å². The number of fused-ring (bicyclic) bond motifs is 2. The molecule has 2 rings (SSSR count). The third-order valence-electron chi connectivity index (χ3n) is 6.13. The summed E-state index contributed by atoms with van der Waals surface area (Å²) < 4.78 is 19.4. The van der Waals surface area contributed by atoms with E-state index >= 15 is 0 Å². The second-order valence-electron chi connectivity index (χ2n) is 9.01. The zero-order valence-electron chi connectivity index (χ0n) is 15.1. The first-order valence-electron chi connectivity index (χ1n) is 8.29. The molecule has 0 saturated heterocycles. The van der Waals surface area contributed by atoms with E-state index in [1.807, 2.05) is 0 Å². The molecule has 2 aliphatic carbocycles. The highest BCUT2D eigenvalue weighted by molar-refractivity contribution is 7.89. The van der Waals surface area contributed by atoms with Gasteiger partial charge in [0.25, 0.3) is 0 Å². The van der Waals surface area contributed by atoms with Gasteiger partial charge in [0, 0.05) is 10.3 Å². The van der Waals surface area contributed by atoms with E-state index in [-0.39, 0.29) is 27.6 Å². The summed E-state index contributed by atoms with van der Waals surface area (Å²) in [7, 11) is -1.11. The molecule has 0 aliphatic heterocycles. The first-order valence-corrected chi connectivity index (χ1v) is 9.50. The van der Waals surface area contributed by atoms with Crippen molar-refractivity contribution < 1.29 is 8.95 Å². The molecule has 5 atom stereocenters. The van der Waals surface area contributed by atoms with Gasteiger partial charge in [-0.05, 0) is 29.6 Å². The molecule has 0 aromatic heterocycles. The fraction of sp³-hybridized carbons (Fsp3) is 0.789. The molecule has 0 N–H and O–H groups in total. The Morgan fingerprint density at radius 1 is 1.36 bits per heavy atom. The van der Waals surface area contributed by atoms with Crippen molar-refractivity contribution in [1.82, 2.24) is 0 Å². The monoisotopic (exact) mass is 324 g/mol. The van der Waals surface area contributed by atoms with Crippen molar-refractivity contribution in [2.75, 3.05) is 6.61 Å². The molecule has 2 saturated carbocycles. The van der Waals surface area contributed by atoms with Gasteiger partial charge in [0.1, 0.15) is 0 Å². The Labute approximate surface area is 138 Å². The number of hydrogen-bond donors (Lipinski definition) is 0. The molecule has 2 fully saturated rings. The van der Waals surface area contributed by atoms with Crippen LogP contribution < -0.4 is 0 Å². The van der Waals surface area contributed by atoms with Crippen molar-refractivity contribution in [3.8, 4) is 0 Å². The van der Waals surface area contributed by atoms with E-state index in [1.54, 1.807) is 6.08 Å². The highest BCUT2D eigenvalue weighted by atomic mass is 32.2. The fourth-order valence-electron chi connectivity index (χ4n) is 4.36. The first-order chi connectivity index (χ1) is 9.95. The molecule has 0 aromatic carbocycles. The van der Waals surface area contributed by atoms with Crippen LogP contribution in [0, 0.1) is 22.2 Å². The average Bonchev–Trinajstić information content (AvgIpc) is 2.73. The molecule has 2 bridgehead atoms. The molecule has 22 heavy (non-hydrogen) atoms. The quantitative estimate of drug-likeness (QED) is 0.686. The highest BCUT2D eigenvalue weighted by Crippen LogP contribution is 2.67. The standard InChI is InChI=1S/C19H32O2S/c1-9-13(2)22(20)15-14-10-11-19(8,18(14,6)7)16(15)21-12-17(3,4)5/h9,14-16H,1-2,10-12H2,3-8H3/t14-,15-,16-,19+,22?/m1/s1. The zero-order valence-corrected chi connectivity index (χ0v) is 15.9. The summed E-state index contributed by atoms with van der Waals surface area (Å²) in [6, 6.07) is 0. The van der Waals surface area contributed by atoms with Crippen molar-refractivity contribution in [1.29, 1.82) is 0 Å².